The molecule has 0 aliphatic heterocycles. The summed E-state index contributed by atoms with van der Waals surface area (Å²) >= 11 is 1.47. The maximum absolute atomic E-state index is 13.5. The van der Waals surface area contributed by atoms with Gasteiger partial charge < -0.3 is 20.1 Å². The monoisotopic (exact) mass is 436 g/mol. The predicted octanol–water partition coefficient (Wildman–Crippen LogP) is 4.16. The topological polar surface area (TPSA) is 96.3 Å². The number of aromatic nitrogens is 1. The third kappa shape index (κ3) is 5.29. The predicted molar refractivity (Wildman–Crippen MR) is 124 cm³/mol. The second kappa shape index (κ2) is 10.4. The van der Waals surface area contributed by atoms with Crippen molar-refractivity contribution in [1.82, 2.24) is 10.3 Å². The molecule has 1 unspecified atom stereocenters. The van der Waals surface area contributed by atoms with Gasteiger partial charge in [0.05, 0.1) is 14.2 Å². The summed E-state index contributed by atoms with van der Waals surface area (Å²) in [6.45, 7) is 0. The van der Waals surface area contributed by atoms with E-state index in [0.717, 1.165) is 4.88 Å². The van der Waals surface area contributed by atoms with Crippen LogP contribution in [-0.2, 0) is 4.79 Å². The SMILES string of the molecule is CN/C=C(\C(=N)C(=O)C(Nc1cccc(OC)c1)c1ccc(OC)nc1)c1cccs1. The van der Waals surface area contributed by atoms with Crippen LogP contribution in [0.5, 0.6) is 11.6 Å². The molecule has 0 saturated carbocycles. The van der Waals surface area contributed by atoms with E-state index < -0.39 is 6.04 Å². The molecule has 2 heterocycles. The minimum Gasteiger partial charge on any atom is -0.497 e. The van der Waals surface area contributed by atoms with Gasteiger partial charge in [0.2, 0.25) is 11.7 Å². The number of rotatable bonds is 10. The number of hydrogen-bond donors (Lipinski definition) is 3. The molecule has 1 atom stereocenters. The van der Waals surface area contributed by atoms with E-state index in [2.05, 4.69) is 15.6 Å². The van der Waals surface area contributed by atoms with Gasteiger partial charge in [-0.25, -0.2) is 4.98 Å². The number of carbonyl (C=O) groups is 1. The van der Waals surface area contributed by atoms with Crippen LogP contribution in [-0.4, -0.2) is 37.7 Å². The zero-order valence-electron chi connectivity index (χ0n) is 17.5. The van der Waals surface area contributed by atoms with Crippen molar-refractivity contribution in [3.63, 3.8) is 0 Å². The third-order valence-corrected chi connectivity index (χ3v) is 5.44. The van der Waals surface area contributed by atoms with Crippen LogP contribution in [0.1, 0.15) is 16.5 Å². The lowest BCUT2D eigenvalue weighted by Gasteiger charge is -2.21. The zero-order chi connectivity index (χ0) is 22.2. The van der Waals surface area contributed by atoms with Crippen LogP contribution in [0.4, 0.5) is 5.69 Å². The first kappa shape index (κ1) is 22.0. The number of carbonyl (C=O) groups excluding carboxylic acids is 1. The molecule has 3 N–H and O–H groups in total. The summed E-state index contributed by atoms with van der Waals surface area (Å²) in [5, 5.41) is 16.8. The van der Waals surface area contributed by atoms with Gasteiger partial charge in [-0.3, -0.25) is 10.2 Å². The van der Waals surface area contributed by atoms with Gasteiger partial charge in [-0.2, -0.15) is 0 Å². The number of Topliss-reactive ketones (excluding diaryl/α,β-unsaturated/α-hetero) is 1. The first-order valence-electron chi connectivity index (χ1n) is 9.52. The van der Waals surface area contributed by atoms with Gasteiger partial charge in [0, 0.05) is 53.3 Å². The molecular weight excluding hydrogens is 412 g/mol. The van der Waals surface area contributed by atoms with Crippen molar-refractivity contribution in [2.75, 3.05) is 26.6 Å². The minimum absolute atomic E-state index is 0.104. The second-order valence-corrected chi connectivity index (χ2v) is 7.45. The van der Waals surface area contributed by atoms with Crippen LogP contribution in [0, 0.1) is 5.41 Å². The molecule has 0 spiro atoms. The van der Waals surface area contributed by atoms with E-state index in [0.29, 0.717) is 28.5 Å². The molecular formula is C23H24N4O3S. The summed E-state index contributed by atoms with van der Waals surface area (Å²) in [7, 11) is 4.86. The van der Waals surface area contributed by atoms with E-state index in [4.69, 9.17) is 14.9 Å². The average Bonchev–Trinajstić information content (AvgIpc) is 3.35. The fourth-order valence-electron chi connectivity index (χ4n) is 2.98. The average molecular weight is 437 g/mol. The molecule has 3 aromatic rings. The molecule has 0 aliphatic carbocycles. The molecule has 0 saturated heterocycles. The number of nitrogens with zero attached hydrogens (tertiary/aromatic N) is 1. The summed E-state index contributed by atoms with van der Waals surface area (Å²) in [6.07, 6.45) is 3.25. The van der Waals surface area contributed by atoms with Gasteiger partial charge in [0.1, 0.15) is 17.5 Å². The number of anilines is 1. The number of ether oxygens (including phenoxy) is 2. The van der Waals surface area contributed by atoms with Crippen molar-refractivity contribution in [2.45, 2.75) is 6.04 Å². The largest absolute Gasteiger partial charge is 0.497 e. The standard InChI is InChI=1S/C23H24N4O3S/c1-25-14-18(19-8-5-11-31-19)21(24)23(28)22(15-9-10-20(30-3)26-13-15)27-16-6-4-7-17(12-16)29-2/h4-14,22,24-25,27H,1-3H3/b18-14-,24-21?. The van der Waals surface area contributed by atoms with Gasteiger partial charge >= 0.3 is 0 Å². The van der Waals surface area contributed by atoms with Crippen LogP contribution in [0.15, 0.2) is 66.3 Å². The van der Waals surface area contributed by atoms with Crippen molar-refractivity contribution >= 4 is 34.1 Å². The van der Waals surface area contributed by atoms with Gasteiger partial charge in [-0.1, -0.05) is 12.1 Å². The Balaban J connectivity index is 1.98. The first-order valence-corrected chi connectivity index (χ1v) is 10.4. The van der Waals surface area contributed by atoms with E-state index in [9.17, 15) is 4.79 Å². The van der Waals surface area contributed by atoms with Crippen LogP contribution < -0.4 is 20.1 Å². The number of benzene rings is 1. The summed E-state index contributed by atoms with van der Waals surface area (Å²) in [5.74, 6) is 0.721. The van der Waals surface area contributed by atoms with Gasteiger partial charge in [0.25, 0.3) is 0 Å². The molecule has 0 radical (unpaired) electrons. The smallest absolute Gasteiger partial charge is 0.212 e. The molecule has 0 aliphatic rings. The van der Waals surface area contributed by atoms with Crippen molar-refractivity contribution in [3.8, 4) is 11.6 Å². The van der Waals surface area contributed by atoms with E-state index in [1.54, 1.807) is 44.8 Å². The fourth-order valence-corrected chi connectivity index (χ4v) is 3.73. The Bertz CT molecular complexity index is 1060. The Morgan fingerprint density at radius 1 is 1.16 bits per heavy atom. The maximum atomic E-state index is 13.5. The number of nitrogens with one attached hydrogen (secondary N) is 3. The molecule has 8 heteroatoms. The van der Waals surface area contributed by atoms with Crippen molar-refractivity contribution in [1.29, 1.82) is 5.41 Å². The number of methoxy groups -OCH3 is 2. The summed E-state index contributed by atoms with van der Waals surface area (Å²) in [5.41, 5.74) is 1.74. The number of thiophene rings is 1. The first-order chi connectivity index (χ1) is 15.1. The van der Waals surface area contributed by atoms with Crippen LogP contribution in [0.3, 0.4) is 0 Å². The number of pyridine rings is 1. The molecule has 3 rings (SSSR count). The summed E-state index contributed by atoms with van der Waals surface area (Å²) in [4.78, 5) is 18.6. The third-order valence-electron chi connectivity index (χ3n) is 4.54. The van der Waals surface area contributed by atoms with Gasteiger partial charge in [-0.05, 0) is 29.6 Å². The van der Waals surface area contributed by atoms with Crippen LogP contribution in [0.25, 0.3) is 5.57 Å². The molecule has 0 bridgehead atoms. The van der Waals surface area contributed by atoms with Crippen molar-refractivity contribution < 1.29 is 14.3 Å². The lowest BCUT2D eigenvalue weighted by molar-refractivity contribution is -0.113. The van der Waals surface area contributed by atoms with Gasteiger partial charge in [0.15, 0.2) is 0 Å². The second-order valence-electron chi connectivity index (χ2n) is 6.51. The normalized spacial score (nSPS) is 12.0. The Kier molecular flexibility index (Phi) is 7.40. The maximum Gasteiger partial charge on any atom is 0.212 e. The highest BCUT2D eigenvalue weighted by Gasteiger charge is 2.28. The van der Waals surface area contributed by atoms with Crippen LogP contribution in [0.2, 0.25) is 0 Å². The highest BCUT2D eigenvalue weighted by atomic mass is 32.1. The molecule has 1 aromatic carbocycles. The highest BCUT2D eigenvalue weighted by molar-refractivity contribution is 7.11. The van der Waals surface area contributed by atoms with E-state index in [1.807, 2.05) is 35.7 Å². The molecule has 0 fully saturated rings. The molecule has 31 heavy (non-hydrogen) atoms. The number of allylic oxidation sites excluding steroid dienone is 1. The lowest BCUT2D eigenvalue weighted by atomic mass is 9.96. The van der Waals surface area contributed by atoms with Gasteiger partial charge in [-0.15, -0.1) is 11.3 Å². The van der Waals surface area contributed by atoms with E-state index >= 15 is 0 Å². The summed E-state index contributed by atoms with van der Waals surface area (Å²) < 4.78 is 10.4. The zero-order valence-corrected chi connectivity index (χ0v) is 18.3. The van der Waals surface area contributed by atoms with E-state index in [1.165, 1.54) is 18.4 Å². The minimum atomic E-state index is -0.821. The number of ketones is 1. The Labute approximate surface area is 185 Å². The van der Waals surface area contributed by atoms with E-state index in [-0.39, 0.29) is 11.5 Å². The highest BCUT2D eigenvalue weighted by Crippen LogP contribution is 2.28. The fraction of sp³-hybridized carbons (Fsp3) is 0.174. The summed E-state index contributed by atoms with van der Waals surface area (Å²) in [6, 6.07) is 13.7. The Hall–Kier alpha value is -3.65. The number of hydrogen-bond acceptors (Lipinski definition) is 8. The molecule has 160 valence electrons. The molecule has 7 nitrogen and oxygen atoms in total. The van der Waals surface area contributed by atoms with Crippen molar-refractivity contribution in [2.24, 2.45) is 0 Å². The quantitative estimate of drug-likeness (QED) is 0.413. The Morgan fingerprint density at radius 2 is 2.00 bits per heavy atom. The Morgan fingerprint density at radius 3 is 2.61 bits per heavy atom. The molecule has 0 amide bonds. The van der Waals surface area contributed by atoms with Crippen molar-refractivity contribution in [3.05, 3.63) is 76.7 Å². The van der Waals surface area contributed by atoms with Crippen LogP contribution >= 0.6 is 11.3 Å². The molecule has 2 aromatic heterocycles. The lowest BCUT2D eigenvalue weighted by Crippen LogP contribution is -2.28.